The minimum Gasteiger partial charge on any atom is -0.399 e. The average Bonchev–Trinajstić information content (AvgIpc) is 2.30. The Morgan fingerprint density at radius 2 is 1.44 bits per heavy atom. The number of benzene rings is 2. The van der Waals surface area contributed by atoms with Crippen LogP contribution in [-0.4, -0.2) is 0 Å². The molecule has 0 heterocycles. The van der Waals surface area contributed by atoms with Gasteiger partial charge in [0.15, 0.2) is 0 Å². The molecule has 0 aromatic heterocycles. The lowest BCUT2D eigenvalue weighted by Crippen LogP contribution is -1.88. The van der Waals surface area contributed by atoms with Gasteiger partial charge in [0.05, 0.1) is 0 Å². The number of para-hydroxylation sites is 1. The molecular weight excluding hydrogens is 196 g/mol. The van der Waals surface area contributed by atoms with Crippen molar-refractivity contribution >= 4 is 11.4 Å². The Morgan fingerprint density at radius 1 is 0.750 bits per heavy atom. The van der Waals surface area contributed by atoms with Crippen molar-refractivity contribution in [2.75, 3.05) is 11.5 Å². The molecule has 2 heteroatoms. The van der Waals surface area contributed by atoms with E-state index in [1.165, 1.54) is 0 Å². The van der Waals surface area contributed by atoms with E-state index in [0.29, 0.717) is 5.69 Å². The molecule has 2 aromatic carbocycles. The summed E-state index contributed by atoms with van der Waals surface area (Å²) in [7, 11) is 0. The van der Waals surface area contributed by atoms with Gasteiger partial charge in [-0.15, -0.1) is 0 Å². The molecular formula is C14H12N2. The third kappa shape index (κ3) is 2.34. The fraction of sp³-hybridized carbons (Fsp3) is 0. The molecule has 0 atom stereocenters. The van der Waals surface area contributed by atoms with Crippen molar-refractivity contribution in [3.8, 4) is 11.8 Å². The second-order valence-electron chi connectivity index (χ2n) is 3.46. The molecule has 4 N–H and O–H groups in total. The van der Waals surface area contributed by atoms with E-state index in [1.807, 2.05) is 48.5 Å². The molecule has 2 rings (SSSR count). The lowest BCUT2D eigenvalue weighted by Gasteiger charge is -1.95. The van der Waals surface area contributed by atoms with E-state index in [4.69, 9.17) is 11.5 Å². The molecule has 0 bridgehead atoms. The standard InChI is InChI=1S/C14H12N2/c15-13-9-6-11(7-10-13)5-8-12-3-1-2-4-14(12)16/h1-4,6-7,9-10H,15-16H2. The van der Waals surface area contributed by atoms with Crippen molar-refractivity contribution in [3.63, 3.8) is 0 Å². The van der Waals surface area contributed by atoms with Crippen molar-refractivity contribution in [1.29, 1.82) is 0 Å². The van der Waals surface area contributed by atoms with Gasteiger partial charge < -0.3 is 11.5 Å². The van der Waals surface area contributed by atoms with E-state index in [0.717, 1.165) is 16.8 Å². The van der Waals surface area contributed by atoms with Gasteiger partial charge in [0.1, 0.15) is 0 Å². The molecule has 0 aliphatic rings. The predicted octanol–water partition coefficient (Wildman–Crippen LogP) is 2.25. The summed E-state index contributed by atoms with van der Waals surface area (Å²) in [5.74, 6) is 6.08. The smallest absolute Gasteiger partial charge is 0.0478 e. The summed E-state index contributed by atoms with van der Waals surface area (Å²) in [5, 5.41) is 0. The zero-order chi connectivity index (χ0) is 11.4. The van der Waals surface area contributed by atoms with Crippen LogP contribution in [0, 0.1) is 11.8 Å². The summed E-state index contributed by atoms with van der Waals surface area (Å²) in [6, 6.07) is 15.0. The van der Waals surface area contributed by atoms with Crippen molar-refractivity contribution in [1.82, 2.24) is 0 Å². The molecule has 16 heavy (non-hydrogen) atoms. The van der Waals surface area contributed by atoms with Crippen LogP contribution in [-0.2, 0) is 0 Å². The largest absolute Gasteiger partial charge is 0.399 e. The first-order valence-corrected chi connectivity index (χ1v) is 4.98. The summed E-state index contributed by atoms with van der Waals surface area (Å²) in [6.07, 6.45) is 0. The van der Waals surface area contributed by atoms with Crippen molar-refractivity contribution in [2.24, 2.45) is 0 Å². The first kappa shape index (κ1) is 10.1. The van der Waals surface area contributed by atoms with Crippen molar-refractivity contribution in [3.05, 3.63) is 59.7 Å². The Kier molecular flexibility index (Phi) is 2.79. The van der Waals surface area contributed by atoms with E-state index in [1.54, 1.807) is 0 Å². The predicted molar refractivity (Wildman–Crippen MR) is 67.7 cm³/mol. The van der Waals surface area contributed by atoms with Gasteiger partial charge in [0.25, 0.3) is 0 Å². The van der Waals surface area contributed by atoms with Crippen LogP contribution < -0.4 is 11.5 Å². The minimum absolute atomic E-state index is 0.699. The topological polar surface area (TPSA) is 52.0 Å². The third-order valence-electron chi connectivity index (χ3n) is 2.21. The van der Waals surface area contributed by atoms with Gasteiger partial charge in [0.2, 0.25) is 0 Å². The van der Waals surface area contributed by atoms with Crippen LogP contribution in [0.25, 0.3) is 0 Å². The summed E-state index contributed by atoms with van der Waals surface area (Å²) in [5.41, 5.74) is 14.6. The minimum atomic E-state index is 0.699. The normalized spacial score (nSPS) is 9.25. The van der Waals surface area contributed by atoms with E-state index in [9.17, 15) is 0 Å². The van der Waals surface area contributed by atoms with Gasteiger partial charge in [-0.2, -0.15) is 0 Å². The number of nitrogens with two attached hydrogens (primary N) is 2. The van der Waals surface area contributed by atoms with E-state index >= 15 is 0 Å². The van der Waals surface area contributed by atoms with E-state index < -0.39 is 0 Å². The van der Waals surface area contributed by atoms with Gasteiger partial charge >= 0.3 is 0 Å². The van der Waals surface area contributed by atoms with Crippen LogP contribution >= 0.6 is 0 Å². The summed E-state index contributed by atoms with van der Waals surface area (Å²) in [6.45, 7) is 0. The molecule has 0 fully saturated rings. The maximum Gasteiger partial charge on any atom is 0.0478 e. The lowest BCUT2D eigenvalue weighted by atomic mass is 10.1. The summed E-state index contributed by atoms with van der Waals surface area (Å²) < 4.78 is 0. The molecule has 0 aliphatic heterocycles. The molecule has 0 aliphatic carbocycles. The monoisotopic (exact) mass is 208 g/mol. The molecule has 0 unspecified atom stereocenters. The van der Waals surface area contributed by atoms with Crippen LogP contribution in [0.1, 0.15) is 11.1 Å². The van der Waals surface area contributed by atoms with Crippen molar-refractivity contribution in [2.45, 2.75) is 0 Å². The number of anilines is 2. The number of hydrogen-bond acceptors (Lipinski definition) is 2. The van der Waals surface area contributed by atoms with Gasteiger partial charge in [-0.1, -0.05) is 24.0 Å². The maximum absolute atomic E-state index is 5.79. The molecule has 0 amide bonds. The highest BCUT2D eigenvalue weighted by atomic mass is 14.5. The van der Waals surface area contributed by atoms with Crippen LogP contribution in [0.4, 0.5) is 11.4 Å². The van der Waals surface area contributed by atoms with Gasteiger partial charge in [-0.05, 0) is 36.4 Å². The van der Waals surface area contributed by atoms with Crippen molar-refractivity contribution < 1.29 is 0 Å². The Balaban J connectivity index is 2.29. The fourth-order valence-corrected chi connectivity index (χ4v) is 1.32. The fourth-order valence-electron chi connectivity index (χ4n) is 1.32. The summed E-state index contributed by atoms with van der Waals surface area (Å²) >= 11 is 0. The summed E-state index contributed by atoms with van der Waals surface area (Å²) in [4.78, 5) is 0. The molecule has 0 saturated heterocycles. The highest BCUT2D eigenvalue weighted by Crippen LogP contribution is 2.09. The van der Waals surface area contributed by atoms with E-state index in [2.05, 4.69) is 11.8 Å². The Bertz CT molecular complexity index is 545. The van der Waals surface area contributed by atoms with Gasteiger partial charge in [-0.3, -0.25) is 0 Å². The number of nitrogen functional groups attached to an aromatic ring is 2. The maximum atomic E-state index is 5.79. The SMILES string of the molecule is Nc1ccc(C#Cc2ccccc2N)cc1. The molecule has 78 valence electrons. The molecule has 0 spiro atoms. The molecule has 2 nitrogen and oxygen atoms in total. The Hall–Kier alpha value is -2.40. The van der Waals surface area contributed by atoms with Gasteiger partial charge in [0, 0.05) is 22.5 Å². The Labute approximate surface area is 94.9 Å². The number of rotatable bonds is 0. The Morgan fingerprint density at radius 3 is 2.12 bits per heavy atom. The third-order valence-corrected chi connectivity index (χ3v) is 2.21. The average molecular weight is 208 g/mol. The van der Waals surface area contributed by atoms with Gasteiger partial charge in [-0.25, -0.2) is 0 Å². The van der Waals surface area contributed by atoms with Crippen LogP contribution in [0.5, 0.6) is 0 Å². The zero-order valence-corrected chi connectivity index (χ0v) is 8.77. The number of hydrogen-bond donors (Lipinski definition) is 2. The first-order chi connectivity index (χ1) is 7.75. The van der Waals surface area contributed by atoms with Crippen LogP contribution in [0.3, 0.4) is 0 Å². The second kappa shape index (κ2) is 4.41. The lowest BCUT2D eigenvalue weighted by molar-refractivity contribution is 1.61. The van der Waals surface area contributed by atoms with Crippen LogP contribution in [0.2, 0.25) is 0 Å². The molecule has 0 radical (unpaired) electrons. The zero-order valence-electron chi connectivity index (χ0n) is 8.77. The second-order valence-corrected chi connectivity index (χ2v) is 3.46. The highest BCUT2D eigenvalue weighted by Gasteiger charge is 1.91. The molecule has 2 aromatic rings. The quantitative estimate of drug-likeness (QED) is 0.515. The highest BCUT2D eigenvalue weighted by molar-refractivity contribution is 5.57. The van der Waals surface area contributed by atoms with Crippen LogP contribution in [0.15, 0.2) is 48.5 Å². The first-order valence-electron chi connectivity index (χ1n) is 4.98. The van der Waals surface area contributed by atoms with E-state index in [-0.39, 0.29) is 0 Å². The molecule has 0 saturated carbocycles.